The molecule has 118 valence electrons. The zero-order valence-corrected chi connectivity index (χ0v) is 14.1. The van der Waals surface area contributed by atoms with Gasteiger partial charge in [0, 0.05) is 58.4 Å². The lowest BCUT2D eigenvalue weighted by Crippen LogP contribution is -2.46. The molecular formula is C14H22ClN3O2S. The van der Waals surface area contributed by atoms with Crippen molar-refractivity contribution in [3.8, 4) is 0 Å². The Labute approximate surface area is 132 Å². The summed E-state index contributed by atoms with van der Waals surface area (Å²) >= 11 is 5.76. The number of halogens is 1. The molecule has 0 radical (unpaired) electrons. The minimum atomic E-state index is -3.35. The molecule has 0 atom stereocenters. The van der Waals surface area contributed by atoms with Crippen molar-refractivity contribution < 1.29 is 8.42 Å². The van der Waals surface area contributed by atoms with Crippen LogP contribution >= 0.6 is 11.6 Å². The lowest BCUT2D eigenvalue weighted by Gasteiger charge is -2.35. The third-order valence-electron chi connectivity index (χ3n) is 3.75. The van der Waals surface area contributed by atoms with E-state index in [1.807, 2.05) is 12.1 Å². The summed E-state index contributed by atoms with van der Waals surface area (Å²) in [7, 11) is -0.267. The molecule has 0 saturated carbocycles. The highest BCUT2D eigenvalue weighted by molar-refractivity contribution is 7.89. The average molecular weight is 332 g/mol. The van der Waals surface area contributed by atoms with Crippen LogP contribution in [-0.4, -0.2) is 70.3 Å². The van der Waals surface area contributed by atoms with Crippen LogP contribution in [0.25, 0.3) is 0 Å². The number of nitrogens with zero attached hydrogens (tertiary/aromatic N) is 3. The monoisotopic (exact) mass is 331 g/mol. The SMILES string of the molecule is CN(C)S(=O)(=O)c1ccc(N2CCN(CCCl)CC2)cc1. The molecule has 0 N–H and O–H groups in total. The average Bonchev–Trinajstić information content (AvgIpc) is 2.48. The maximum absolute atomic E-state index is 12.0. The number of hydrogen-bond acceptors (Lipinski definition) is 4. The molecule has 0 aliphatic carbocycles. The van der Waals surface area contributed by atoms with Gasteiger partial charge in [0.15, 0.2) is 0 Å². The molecule has 1 saturated heterocycles. The summed E-state index contributed by atoms with van der Waals surface area (Å²) < 4.78 is 25.3. The number of benzene rings is 1. The number of rotatable bonds is 5. The Balaban J connectivity index is 2.04. The van der Waals surface area contributed by atoms with Crippen molar-refractivity contribution in [3.05, 3.63) is 24.3 Å². The molecule has 2 rings (SSSR count). The Morgan fingerprint density at radius 3 is 2.14 bits per heavy atom. The van der Waals surface area contributed by atoms with Gasteiger partial charge in [-0.05, 0) is 24.3 Å². The van der Waals surface area contributed by atoms with Gasteiger partial charge in [-0.15, -0.1) is 11.6 Å². The number of piperazine rings is 1. The summed E-state index contributed by atoms with van der Waals surface area (Å²) in [6, 6.07) is 7.12. The molecular weight excluding hydrogens is 310 g/mol. The molecule has 1 aromatic rings. The van der Waals surface area contributed by atoms with Crippen LogP contribution in [-0.2, 0) is 10.0 Å². The molecule has 1 aliphatic rings. The van der Waals surface area contributed by atoms with E-state index in [1.54, 1.807) is 26.2 Å². The van der Waals surface area contributed by atoms with Gasteiger partial charge in [0.2, 0.25) is 10.0 Å². The van der Waals surface area contributed by atoms with Crippen molar-refractivity contribution in [1.82, 2.24) is 9.21 Å². The normalized spacial score (nSPS) is 17.4. The Kier molecular flexibility index (Phi) is 5.48. The maximum Gasteiger partial charge on any atom is 0.242 e. The van der Waals surface area contributed by atoms with E-state index in [-0.39, 0.29) is 0 Å². The van der Waals surface area contributed by atoms with E-state index in [9.17, 15) is 8.42 Å². The third-order valence-corrected chi connectivity index (χ3v) is 5.75. The molecule has 7 heteroatoms. The molecule has 1 aliphatic heterocycles. The van der Waals surface area contributed by atoms with Crippen LogP contribution in [0.1, 0.15) is 0 Å². The zero-order chi connectivity index (χ0) is 15.5. The molecule has 21 heavy (non-hydrogen) atoms. The van der Waals surface area contributed by atoms with Crippen LogP contribution in [0.3, 0.4) is 0 Å². The van der Waals surface area contributed by atoms with Gasteiger partial charge in [0.25, 0.3) is 0 Å². The van der Waals surface area contributed by atoms with Crippen molar-refractivity contribution in [2.75, 3.05) is 57.6 Å². The summed E-state index contributed by atoms with van der Waals surface area (Å²) in [4.78, 5) is 4.95. The molecule has 0 amide bonds. The van der Waals surface area contributed by atoms with Gasteiger partial charge in [-0.1, -0.05) is 0 Å². The van der Waals surface area contributed by atoms with E-state index in [4.69, 9.17) is 11.6 Å². The van der Waals surface area contributed by atoms with Crippen LogP contribution < -0.4 is 4.90 Å². The van der Waals surface area contributed by atoms with Gasteiger partial charge in [-0.3, -0.25) is 4.90 Å². The Bertz CT molecular complexity index is 552. The van der Waals surface area contributed by atoms with Crippen LogP contribution in [0, 0.1) is 0 Å². The quantitative estimate of drug-likeness (QED) is 0.763. The molecule has 0 bridgehead atoms. The molecule has 1 aromatic carbocycles. The second-order valence-electron chi connectivity index (χ2n) is 5.30. The summed E-state index contributed by atoms with van der Waals surface area (Å²) in [6.45, 7) is 4.79. The minimum Gasteiger partial charge on any atom is -0.369 e. The third kappa shape index (κ3) is 3.88. The van der Waals surface area contributed by atoms with Crippen LogP contribution in [0.2, 0.25) is 0 Å². The predicted molar refractivity (Wildman–Crippen MR) is 86.7 cm³/mol. The molecule has 0 aromatic heterocycles. The van der Waals surface area contributed by atoms with Crippen molar-refractivity contribution in [1.29, 1.82) is 0 Å². The Morgan fingerprint density at radius 1 is 1.10 bits per heavy atom. The van der Waals surface area contributed by atoms with Gasteiger partial charge < -0.3 is 4.90 Å². The van der Waals surface area contributed by atoms with Crippen molar-refractivity contribution in [3.63, 3.8) is 0 Å². The van der Waals surface area contributed by atoms with Gasteiger partial charge >= 0.3 is 0 Å². The lowest BCUT2D eigenvalue weighted by molar-refractivity contribution is 0.272. The largest absolute Gasteiger partial charge is 0.369 e. The number of alkyl halides is 1. The topological polar surface area (TPSA) is 43.9 Å². The van der Waals surface area contributed by atoms with E-state index in [0.717, 1.165) is 38.4 Å². The predicted octanol–water partition coefficient (Wildman–Crippen LogP) is 1.30. The van der Waals surface area contributed by atoms with Crippen LogP contribution in [0.5, 0.6) is 0 Å². The highest BCUT2D eigenvalue weighted by atomic mass is 35.5. The van der Waals surface area contributed by atoms with Gasteiger partial charge in [-0.25, -0.2) is 12.7 Å². The molecule has 5 nitrogen and oxygen atoms in total. The highest BCUT2D eigenvalue weighted by Gasteiger charge is 2.19. The summed E-state index contributed by atoms with van der Waals surface area (Å²) in [5.74, 6) is 0.664. The fourth-order valence-corrected chi connectivity index (χ4v) is 3.53. The van der Waals surface area contributed by atoms with Crippen molar-refractivity contribution >= 4 is 27.3 Å². The molecule has 0 spiro atoms. The molecule has 1 fully saturated rings. The Hall–Kier alpha value is -0.820. The molecule has 1 heterocycles. The van der Waals surface area contributed by atoms with Crippen molar-refractivity contribution in [2.24, 2.45) is 0 Å². The van der Waals surface area contributed by atoms with E-state index in [1.165, 1.54) is 4.31 Å². The first-order valence-electron chi connectivity index (χ1n) is 7.01. The first kappa shape index (κ1) is 16.5. The van der Waals surface area contributed by atoms with Gasteiger partial charge in [-0.2, -0.15) is 0 Å². The fourth-order valence-electron chi connectivity index (χ4n) is 2.39. The Morgan fingerprint density at radius 2 is 1.67 bits per heavy atom. The van der Waals surface area contributed by atoms with E-state index in [0.29, 0.717) is 10.8 Å². The maximum atomic E-state index is 12.0. The second kappa shape index (κ2) is 6.96. The van der Waals surface area contributed by atoms with Crippen LogP contribution in [0.4, 0.5) is 5.69 Å². The van der Waals surface area contributed by atoms with Gasteiger partial charge in [0.05, 0.1) is 4.90 Å². The lowest BCUT2D eigenvalue weighted by atomic mass is 10.2. The zero-order valence-electron chi connectivity index (χ0n) is 12.5. The first-order valence-corrected chi connectivity index (χ1v) is 8.98. The summed E-state index contributed by atoms with van der Waals surface area (Å²) in [5, 5.41) is 0. The summed E-state index contributed by atoms with van der Waals surface area (Å²) in [6.07, 6.45) is 0. The number of hydrogen-bond donors (Lipinski definition) is 0. The van der Waals surface area contributed by atoms with E-state index in [2.05, 4.69) is 9.80 Å². The fraction of sp³-hybridized carbons (Fsp3) is 0.571. The second-order valence-corrected chi connectivity index (χ2v) is 7.83. The first-order chi connectivity index (χ1) is 9.95. The van der Waals surface area contributed by atoms with Crippen LogP contribution in [0.15, 0.2) is 29.2 Å². The van der Waals surface area contributed by atoms with E-state index >= 15 is 0 Å². The van der Waals surface area contributed by atoms with E-state index < -0.39 is 10.0 Å². The summed E-state index contributed by atoms with van der Waals surface area (Å²) in [5.41, 5.74) is 1.07. The molecule has 0 unspecified atom stereocenters. The van der Waals surface area contributed by atoms with Gasteiger partial charge in [0.1, 0.15) is 0 Å². The highest BCUT2D eigenvalue weighted by Crippen LogP contribution is 2.20. The smallest absolute Gasteiger partial charge is 0.242 e. The van der Waals surface area contributed by atoms with Crippen molar-refractivity contribution in [2.45, 2.75) is 4.90 Å². The number of sulfonamides is 1. The number of anilines is 1. The minimum absolute atomic E-state index is 0.331. The standard InChI is InChI=1S/C14H22ClN3O2S/c1-16(2)21(19,20)14-5-3-13(4-6-14)18-11-9-17(8-7-15)10-12-18/h3-6H,7-12H2,1-2H3.